The van der Waals surface area contributed by atoms with Crippen LogP contribution < -0.4 is 5.32 Å². The summed E-state index contributed by atoms with van der Waals surface area (Å²) in [4.78, 5) is 49.0. The molecule has 1 heterocycles. The van der Waals surface area contributed by atoms with Crippen LogP contribution >= 0.6 is 11.8 Å². The van der Waals surface area contributed by atoms with E-state index in [1.165, 1.54) is 4.90 Å². The molecule has 3 rings (SSSR count). The molecule has 0 aromatic heterocycles. The van der Waals surface area contributed by atoms with Crippen molar-refractivity contribution in [3.05, 3.63) is 65.2 Å². The molecule has 0 aliphatic carbocycles. The Morgan fingerprint density at radius 3 is 2.57 bits per heavy atom. The van der Waals surface area contributed by atoms with Crippen molar-refractivity contribution in [1.29, 1.82) is 0 Å². The Labute approximate surface area is 166 Å². The first-order valence-corrected chi connectivity index (χ1v) is 9.61. The van der Waals surface area contributed by atoms with Crippen molar-refractivity contribution in [3.63, 3.8) is 0 Å². The molecule has 0 spiro atoms. The summed E-state index contributed by atoms with van der Waals surface area (Å²) >= 11 is 0.972. The Morgan fingerprint density at radius 2 is 1.86 bits per heavy atom. The van der Waals surface area contributed by atoms with Crippen LogP contribution in [0.5, 0.6) is 0 Å². The van der Waals surface area contributed by atoms with E-state index in [2.05, 4.69) is 5.32 Å². The molecular weight excluding hydrogens is 380 g/mol. The van der Waals surface area contributed by atoms with Crippen LogP contribution in [0.2, 0.25) is 0 Å². The van der Waals surface area contributed by atoms with Crippen molar-refractivity contribution < 1.29 is 23.9 Å². The van der Waals surface area contributed by atoms with Crippen LogP contribution in [0.25, 0.3) is 0 Å². The lowest BCUT2D eigenvalue weighted by Gasteiger charge is -2.13. The van der Waals surface area contributed by atoms with Gasteiger partial charge < -0.3 is 10.1 Å². The van der Waals surface area contributed by atoms with Crippen LogP contribution in [0, 0.1) is 0 Å². The number of anilines is 1. The molecule has 1 N–H and O–H groups in total. The molecule has 0 atom stereocenters. The van der Waals surface area contributed by atoms with Gasteiger partial charge >= 0.3 is 5.97 Å². The van der Waals surface area contributed by atoms with E-state index in [1.807, 2.05) is 0 Å². The maximum Gasteiger partial charge on any atom is 0.338 e. The molecule has 0 unspecified atom stereocenters. The number of benzene rings is 2. The number of thioether (sulfide) groups is 1. The predicted molar refractivity (Wildman–Crippen MR) is 105 cm³/mol. The molecule has 1 aliphatic rings. The van der Waals surface area contributed by atoms with Crippen molar-refractivity contribution in [2.75, 3.05) is 17.7 Å². The Hall–Kier alpha value is -3.13. The molecule has 7 nitrogen and oxygen atoms in total. The predicted octanol–water partition coefficient (Wildman–Crippen LogP) is 3.31. The average molecular weight is 398 g/mol. The van der Waals surface area contributed by atoms with Gasteiger partial charge in [0.25, 0.3) is 11.1 Å². The van der Waals surface area contributed by atoms with Crippen LogP contribution in [0.4, 0.5) is 10.5 Å². The van der Waals surface area contributed by atoms with E-state index in [-0.39, 0.29) is 36.0 Å². The fourth-order valence-corrected chi connectivity index (χ4v) is 3.39. The van der Waals surface area contributed by atoms with Crippen LogP contribution in [-0.4, -0.2) is 40.3 Å². The van der Waals surface area contributed by atoms with E-state index >= 15 is 0 Å². The Balaban J connectivity index is 1.71. The minimum absolute atomic E-state index is 0.129. The first-order chi connectivity index (χ1) is 13.5. The van der Waals surface area contributed by atoms with Gasteiger partial charge in [-0.05, 0) is 42.8 Å². The van der Waals surface area contributed by atoms with Gasteiger partial charge in [-0.1, -0.05) is 30.0 Å². The number of amides is 3. The fraction of sp³-hybridized carbons (Fsp3) is 0.200. The maximum atomic E-state index is 12.6. The number of hydrogen-bond donors (Lipinski definition) is 1. The van der Waals surface area contributed by atoms with Crippen LogP contribution in [0.1, 0.15) is 33.2 Å². The van der Waals surface area contributed by atoms with E-state index in [0.717, 1.165) is 11.8 Å². The number of esters is 1. The van der Waals surface area contributed by atoms with Crippen molar-refractivity contribution in [2.45, 2.75) is 13.5 Å². The molecule has 0 radical (unpaired) electrons. The second kappa shape index (κ2) is 8.71. The Morgan fingerprint density at radius 1 is 1.11 bits per heavy atom. The van der Waals surface area contributed by atoms with E-state index in [1.54, 1.807) is 55.5 Å². The van der Waals surface area contributed by atoms with Gasteiger partial charge in [0.2, 0.25) is 5.91 Å². The molecule has 28 heavy (non-hydrogen) atoms. The monoisotopic (exact) mass is 398 g/mol. The summed E-state index contributed by atoms with van der Waals surface area (Å²) in [6.45, 7) is 2.12. The number of nitrogens with zero attached hydrogens (tertiary/aromatic N) is 1. The zero-order valence-corrected chi connectivity index (χ0v) is 16.0. The van der Waals surface area contributed by atoms with Crippen LogP contribution in [0.3, 0.4) is 0 Å². The van der Waals surface area contributed by atoms with Gasteiger partial charge in [0.1, 0.15) is 0 Å². The molecule has 1 fully saturated rings. The minimum Gasteiger partial charge on any atom is -0.462 e. The molecule has 8 heteroatoms. The minimum atomic E-state index is -0.460. The highest BCUT2D eigenvalue weighted by molar-refractivity contribution is 8.14. The number of imide groups is 1. The number of ether oxygens (including phenoxy) is 1. The van der Waals surface area contributed by atoms with E-state index < -0.39 is 5.97 Å². The number of hydrogen-bond acceptors (Lipinski definition) is 6. The summed E-state index contributed by atoms with van der Waals surface area (Å²) in [6, 6.07) is 13.2. The topological polar surface area (TPSA) is 92.8 Å². The largest absolute Gasteiger partial charge is 0.462 e. The fourth-order valence-electron chi connectivity index (χ4n) is 2.67. The van der Waals surface area contributed by atoms with Crippen molar-refractivity contribution >= 4 is 40.5 Å². The van der Waals surface area contributed by atoms with Gasteiger partial charge in [0.05, 0.1) is 24.5 Å². The number of carbonyl (C=O) groups is 4. The van der Waals surface area contributed by atoms with Gasteiger partial charge in [-0.15, -0.1) is 0 Å². The zero-order valence-electron chi connectivity index (χ0n) is 15.1. The summed E-state index contributed by atoms with van der Waals surface area (Å²) < 4.78 is 4.96. The standard InChI is InChI=1S/C20H18N2O5S/c1-2-27-19(25)15-7-4-8-16(10-15)21-18(24)14-6-3-5-13(9-14)11-22-17(23)12-28-20(22)26/h3-10H,2,11-12H2,1H3,(H,21,24). The molecule has 2 aromatic rings. The summed E-state index contributed by atoms with van der Waals surface area (Å²) in [7, 11) is 0. The quantitative estimate of drug-likeness (QED) is 0.751. The zero-order chi connectivity index (χ0) is 20.1. The van der Waals surface area contributed by atoms with Gasteiger partial charge in [-0.25, -0.2) is 4.79 Å². The lowest BCUT2D eigenvalue weighted by atomic mass is 10.1. The second-order valence-corrected chi connectivity index (χ2v) is 6.92. The molecular formula is C20H18N2O5S. The Bertz CT molecular complexity index is 928. The van der Waals surface area contributed by atoms with E-state index in [4.69, 9.17) is 4.74 Å². The first-order valence-electron chi connectivity index (χ1n) is 8.62. The van der Waals surface area contributed by atoms with Gasteiger partial charge in [-0.3, -0.25) is 19.3 Å². The summed E-state index contributed by atoms with van der Waals surface area (Å²) in [6.07, 6.45) is 0. The molecule has 144 valence electrons. The molecule has 1 saturated heterocycles. The van der Waals surface area contributed by atoms with Gasteiger partial charge in [0, 0.05) is 11.3 Å². The highest BCUT2D eigenvalue weighted by atomic mass is 32.2. The second-order valence-electron chi connectivity index (χ2n) is 5.99. The van der Waals surface area contributed by atoms with Crippen LogP contribution in [-0.2, 0) is 16.1 Å². The van der Waals surface area contributed by atoms with Crippen molar-refractivity contribution in [3.8, 4) is 0 Å². The van der Waals surface area contributed by atoms with E-state index in [0.29, 0.717) is 22.4 Å². The Kier molecular flexibility index (Phi) is 6.10. The smallest absolute Gasteiger partial charge is 0.338 e. The molecule has 0 bridgehead atoms. The summed E-state index contributed by atoms with van der Waals surface area (Å²) in [5.74, 6) is -0.911. The molecule has 2 aromatic carbocycles. The summed E-state index contributed by atoms with van der Waals surface area (Å²) in [5.41, 5.74) is 1.86. The normalized spacial score (nSPS) is 13.5. The lowest BCUT2D eigenvalue weighted by molar-refractivity contribution is -0.125. The van der Waals surface area contributed by atoms with Crippen LogP contribution in [0.15, 0.2) is 48.5 Å². The molecule has 0 saturated carbocycles. The number of carbonyl (C=O) groups excluding carboxylic acids is 4. The van der Waals surface area contributed by atoms with Crippen molar-refractivity contribution in [1.82, 2.24) is 4.90 Å². The third kappa shape index (κ3) is 4.58. The number of nitrogens with one attached hydrogen (secondary N) is 1. The number of rotatable bonds is 6. The summed E-state index contributed by atoms with van der Waals surface area (Å²) in [5, 5.41) is 2.45. The first kappa shape index (κ1) is 19.6. The van der Waals surface area contributed by atoms with E-state index in [9.17, 15) is 19.2 Å². The van der Waals surface area contributed by atoms with Crippen molar-refractivity contribution in [2.24, 2.45) is 0 Å². The molecule has 1 aliphatic heterocycles. The third-order valence-electron chi connectivity index (χ3n) is 4.00. The SMILES string of the molecule is CCOC(=O)c1cccc(NC(=O)c2cccc(CN3C(=O)CSC3=O)c2)c1. The average Bonchev–Trinajstić information content (AvgIpc) is 3.00. The highest BCUT2D eigenvalue weighted by Gasteiger charge is 2.29. The highest BCUT2D eigenvalue weighted by Crippen LogP contribution is 2.22. The third-order valence-corrected chi connectivity index (χ3v) is 4.86. The lowest BCUT2D eigenvalue weighted by Crippen LogP contribution is -2.28. The maximum absolute atomic E-state index is 12.6. The molecule has 3 amide bonds. The van der Waals surface area contributed by atoms with Gasteiger partial charge in [0.15, 0.2) is 0 Å². The van der Waals surface area contributed by atoms with Gasteiger partial charge in [-0.2, -0.15) is 0 Å².